The van der Waals surface area contributed by atoms with Crippen molar-refractivity contribution in [3.8, 4) is 0 Å². The summed E-state index contributed by atoms with van der Waals surface area (Å²) in [6.07, 6.45) is 3.87. The molecule has 0 amide bonds. The van der Waals surface area contributed by atoms with Crippen molar-refractivity contribution in [1.82, 2.24) is 4.90 Å². The molecule has 0 aromatic carbocycles. The van der Waals surface area contributed by atoms with Crippen LogP contribution in [-0.2, 0) is 4.74 Å². The predicted octanol–water partition coefficient (Wildman–Crippen LogP) is 1.22. The highest BCUT2D eigenvalue weighted by molar-refractivity contribution is 4.86. The van der Waals surface area contributed by atoms with E-state index in [4.69, 9.17) is 10.5 Å². The van der Waals surface area contributed by atoms with E-state index in [2.05, 4.69) is 18.7 Å². The maximum Gasteiger partial charge on any atom is 0.0753 e. The summed E-state index contributed by atoms with van der Waals surface area (Å²) in [4.78, 5) is 2.49. The summed E-state index contributed by atoms with van der Waals surface area (Å²) < 4.78 is 5.69. The second-order valence-electron chi connectivity index (χ2n) is 5.67. The number of rotatable bonds is 4. The predicted molar refractivity (Wildman–Crippen MR) is 61.8 cm³/mol. The van der Waals surface area contributed by atoms with Crippen LogP contribution in [0.25, 0.3) is 0 Å². The minimum atomic E-state index is 0.0297. The van der Waals surface area contributed by atoms with Crippen LogP contribution in [0.3, 0.4) is 0 Å². The van der Waals surface area contributed by atoms with Gasteiger partial charge in [0.05, 0.1) is 12.2 Å². The van der Waals surface area contributed by atoms with Crippen molar-refractivity contribution < 1.29 is 4.74 Å². The van der Waals surface area contributed by atoms with Gasteiger partial charge in [0.1, 0.15) is 0 Å². The molecule has 0 aromatic rings. The average molecular weight is 212 g/mol. The molecule has 1 saturated heterocycles. The van der Waals surface area contributed by atoms with E-state index in [1.54, 1.807) is 0 Å². The SMILES string of the molecule is CC1(C)CN(CCC(N)C2CC2)CCO1. The molecule has 2 fully saturated rings. The van der Waals surface area contributed by atoms with E-state index in [-0.39, 0.29) is 5.60 Å². The van der Waals surface area contributed by atoms with Gasteiger partial charge in [0, 0.05) is 19.1 Å². The molecule has 88 valence electrons. The first-order chi connectivity index (χ1) is 7.07. The lowest BCUT2D eigenvalue weighted by Crippen LogP contribution is -2.49. The van der Waals surface area contributed by atoms with Crippen LogP contribution in [-0.4, -0.2) is 42.8 Å². The summed E-state index contributed by atoms with van der Waals surface area (Å²) >= 11 is 0. The lowest BCUT2D eigenvalue weighted by Gasteiger charge is -2.38. The standard InChI is InChI=1S/C12H24N2O/c1-12(2)9-14(7-8-15-12)6-5-11(13)10-3-4-10/h10-11H,3-9,13H2,1-2H3. The van der Waals surface area contributed by atoms with Crippen molar-refractivity contribution in [3.63, 3.8) is 0 Å². The van der Waals surface area contributed by atoms with Crippen LogP contribution in [0, 0.1) is 5.92 Å². The molecule has 3 heteroatoms. The van der Waals surface area contributed by atoms with Gasteiger partial charge in [-0.3, -0.25) is 4.90 Å². The van der Waals surface area contributed by atoms with Gasteiger partial charge in [0.2, 0.25) is 0 Å². The average Bonchev–Trinajstić information content (AvgIpc) is 2.95. The zero-order valence-corrected chi connectivity index (χ0v) is 10.0. The Balaban J connectivity index is 1.69. The monoisotopic (exact) mass is 212 g/mol. The maximum absolute atomic E-state index is 6.11. The molecule has 1 heterocycles. The molecule has 2 aliphatic rings. The van der Waals surface area contributed by atoms with Crippen molar-refractivity contribution in [2.75, 3.05) is 26.2 Å². The van der Waals surface area contributed by atoms with E-state index < -0.39 is 0 Å². The topological polar surface area (TPSA) is 38.5 Å². The van der Waals surface area contributed by atoms with Gasteiger partial charge in [-0.15, -0.1) is 0 Å². The second-order valence-corrected chi connectivity index (χ2v) is 5.67. The molecule has 2 rings (SSSR count). The van der Waals surface area contributed by atoms with Crippen LogP contribution < -0.4 is 5.73 Å². The summed E-state index contributed by atoms with van der Waals surface area (Å²) in [6.45, 7) is 8.46. The molecule has 1 saturated carbocycles. The molecule has 15 heavy (non-hydrogen) atoms. The van der Waals surface area contributed by atoms with Crippen molar-refractivity contribution in [2.45, 2.75) is 44.8 Å². The molecular formula is C12H24N2O. The van der Waals surface area contributed by atoms with Crippen LogP contribution >= 0.6 is 0 Å². The van der Waals surface area contributed by atoms with Crippen molar-refractivity contribution >= 4 is 0 Å². The van der Waals surface area contributed by atoms with E-state index in [9.17, 15) is 0 Å². The highest BCUT2D eigenvalue weighted by Gasteiger charge is 2.30. The van der Waals surface area contributed by atoms with Crippen LogP contribution in [0.4, 0.5) is 0 Å². The first-order valence-corrected chi connectivity index (χ1v) is 6.19. The van der Waals surface area contributed by atoms with Gasteiger partial charge in [-0.2, -0.15) is 0 Å². The summed E-state index contributed by atoms with van der Waals surface area (Å²) in [7, 11) is 0. The lowest BCUT2D eigenvalue weighted by atomic mass is 10.1. The number of ether oxygens (including phenoxy) is 1. The van der Waals surface area contributed by atoms with Crippen molar-refractivity contribution in [2.24, 2.45) is 11.7 Å². The molecule has 1 aliphatic heterocycles. The van der Waals surface area contributed by atoms with Crippen LogP contribution in [0.2, 0.25) is 0 Å². The largest absolute Gasteiger partial charge is 0.373 e. The highest BCUT2D eigenvalue weighted by atomic mass is 16.5. The summed E-state index contributed by atoms with van der Waals surface area (Å²) in [5.41, 5.74) is 6.14. The Kier molecular flexibility index (Phi) is 3.33. The third kappa shape index (κ3) is 3.44. The van der Waals surface area contributed by atoms with Crippen molar-refractivity contribution in [1.29, 1.82) is 0 Å². The zero-order chi connectivity index (χ0) is 10.9. The first kappa shape index (κ1) is 11.4. The molecule has 1 unspecified atom stereocenters. The van der Waals surface area contributed by atoms with Gasteiger partial charge in [-0.25, -0.2) is 0 Å². The molecule has 0 bridgehead atoms. The van der Waals surface area contributed by atoms with Gasteiger partial charge in [-0.05, 0) is 45.6 Å². The van der Waals surface area contributed by atoms with E-state index in [1.165, 1.54) is 12.8 Å². The number of nitrogens with zero attached hydrogens (tertiary/aromatic N) is 1. The summed E-state index contributed by atoms with van der Waals surface area (Å²) in [6, 6.07) is 0.441. The summed E-state index contributed by atoms with van der Waals surface area (Å²) in [5, 5.41) is 0. The smallest absolute Gasteiger partial charge is 0.0753 e. The quantitative estimate of drug-likeness (QED) is 0.761. The molecular weight excluding hydrogens is 188 g/mol. The van der Waals surface area contributed by atoms with Crippen LogP contribution in [0.1, 0.15) is 33.1 Å². The van der Waals surface area contributed by atoms with E-state index in [0.29, 0.717) is 6.04 Å². The third-order valence-corrected chi connectivity index (χ3v) is 3.51. The lowest BCUT2D eigenvalue weighted by molar-refractivity contribution is -0.0863. The Bertz CT molecular complexity index is 214. The number of morpholine rings is 1. The fraction of sp³-hybridized carbons (Fsp3) is 1.00. The molecule has 2 N–H and O–H groups in total. The maximum atomic E-state index is 6.11. The second kappa shape index (κ2) is 4.40. The molecule has 3 nitrogen and oxygen atoms in total. The minimum Gasteiger partial charge on any atom is -0.373 e. The number of nitrogens with two attached hydrogens (primary N) is 1. The van der Waals surface area contributed by atoms with Gasteiger partial charge in [-0.1, -0.05) is 0 Å². The zero-order valence-electron chi connectivity index (χ0n) is 10.0. The molecule has 0 spiro atoms. The minimum absolute atomic E-state index is 0.0297. The molecule has 1 atom stereocenters. The fourth-order valence-corrected chi connectivity index (χ4v) is 2.40. The Morgan fingerprint density at radius 1 is 1.47 bits per heavy atom. The van der Waals surface area contributed by atoms with E-state index >= 15 is 0 Å². The van der Waals surface area contributed by atoms with Gasteiger partial charge < -0.3 is 10.5 Å². The molecule has 0 aromatic heterocycles. The first-order valence-electron chi connectivity index (χ1n) is 6.19. The Hall–Kier alpha value is -0.120. The van der Waals surface area contributed by atoms with Gasteiger partial charge in [0.15, 0.2) is 0 Å². The van der Waals surface area contributed by atoms with Crippen molar-refractivity contribution in [3.05, 3.63) is 0 Å². The molecule has 0 radical (unpaired) electrons. The number of hydrogen-bond donors (Lipinski definition) is 1. The normalized spacial score (nSPS) is 29.0. The summed E-state index contributed by atoms with van der Waals surface area (Å²) in [5.74, 6) is 0.832. The Morgan fingerprint density at radius 2 is 2.20 bits per heavy atom. The highest BCUT2D eigenvalue weighted by Crippen LogP contribution is 2.32. The van der Waals surface area contributed by atoms with Crippen LogP contribution in [0.5, 0.6) is 0 Å². The number of hydrogen-bond acceptors (Lipinski definition) is 3. The van der Waals surface area contributed by atoms with Gasteiger partial charge >= 0.3 is 0 Å². The van der Waals surface area contributed by atoms with E-state index in [1.807, 2.05) is 0 Å². The van der Waals surface area contributed by atoms with Gasteiger partial charge in [0.25, 0.3) is 0 Å². The van der Waals surface area contributed by atoms with E-state index in [0.717, 1.165) is 38.6 Å². The van der Waals surface area contributed by atoms with Crippen LogP contribution in [0.15, 0.2) is 0 Å². The fourth-order valence-electron chi connectivity index (χ4n) is 2.40. The Labute approximate surface area is 93.0 Å². The Morgan fingerprint density at radius 3 is 2.80 bits per heavy atom. The molecule has 1 aliphatic carbocycles. The third-order valence-electron chi connectivity index (χ3n) is 3.51.